The molecule has 1 aliphatic rings. The Kier molecular flexibility index (Phi) is 6.05. The number of aliphatic hydroxyl groups excluding tert-OH is 1. The van der Waals surface area contributed by atoms with E-state index in [2.05, 4.69) is 21.8 Å². The zero-order chi connectivity index (χ0) is 15.3. The van der Waals surface area contributed by atoms with Gasteiger partial charge in [-0.25, -0.2) is 4.98 Å². The minimum Gasteiger partial charge on any atom is -0.393 e. The molecule has 0 unspecified atom stereocenters. The molecule has 5 nitrogen and oxygen atoms in total. The SMILES string of the molecule is CCCCc1nc(Cl)c(CN2CCC[C@@](O)(CO)CC2)[nH]1. The van der Waals surface area contributed by atoms with E-state index in [9.17, 15) is 10.2 Å². The Morgan fingerprint density at radius 3 is 2.90 bits per heavy atom. The molecule has 1 atom stereocenters. The summed E-state index contributed by atoms with van der Waals surface area (Å²) in [6.07, 6.45) is 5.30. The van der Waals surface area contributed by atoms with Crippen LogP contribution in [0, 0.1) is 0 Å². The van der Waals surface area contributed by atoms with Gasteiger partial charge in [0.25, 0.3) is 0 Å². The van der Waals surface area contributed by atoms with E-state index >= 15 is 0 Å². The third kappa shape index (κ3) is 4.68. The maximum atomic E-state index is 10.2. The molecular weight excluding hydrogens is 290 g/mol. The summed E-state index contributed by atoms with van der Waals surface area (Å²) < 4.78 is 0. The molecule has 0 radical (unpaired) electrons. The minimum atomic E-state index is -0.918. The second-order valence-electron chi connectivity index (χ2n) is 6.07. The molecule has 1 aliphatic heterocycles. The number of rotatable bonds is 6. The van der Waals surface area contributed by atoms with Crippen molar-refractivity contribution in [2.45, 2.75) is 57.6 Å². The monoisotopic (exact) mass is 315 g/mol. The lowest BCUT2D eigenvalue weighted by molar-refractivity contribution is -0.0255. The number of unbranched alkanes of at least 4 members (excludes halogenated alkanes) is 1. The van der Waals surface area contributed by atoms with Gasteiger partial charge in [0.2, 0.25) is 0 Å². The maximum absolute atomic E-state index is 10.2. The van der Waals surface area contributed by atoms with Crippen molar-refractivity contribution in [2.24, 2.45) is 0 Å². The molecule has 1 aromatic rings. The number of H-pyrrole nitrogens is 1. The highest BCUT2D eigenvalue weighted by Gasteiger charge is 2.29. The van der Waals surface area contributed by atoms with E-state index in [0.29, 0.717) is 18.0 Å². The van der Waals surface area contributed by atoms with E-state index in [0.717, 1.165) is 56.8 Å². The number of halogens is 1. The molecule has 3 N–H and O–H groups in total. The number of hydrogen-bond donors (Lipinski definition) is 3. The first kappa shape index (κ1) is 16.7. The van der Waals surface area contributed by atoms with Crippen molar-refractivity contribution in [3.63, 3.8) is 0 Å². The molecule has 6 heteroatoms. The van der Waals surface area contributed by atoms with Crippen LogP contribution in [0.25, 0.3) is 0 Å². The molecule has 0 saturated carbocycles. The Morgan fingerprint density at radius 1 is 1.38 bits per heavy atom. The van der Waals surface area contributed by atoms with Crippen molar-refractivity contribution in [1.82, 2.24) is 14.9 Å². The lowest BCUT2D eigenvalue weighted by atomic mass is 9.96. The fourth-order valence-corrected chi connectivity index (χ4v) is 2.99. The molecular formula is C15H26ClN3O2. The van der Waals surface area contributed by atoms with Crippen molar-refractivity contribution in [3.8, 4) is 0 Å². The first-order valence-corrected chi connectivity index (χ1v) is 8.23. The number of nitrogens with one attached hydrogen (secondary N) is 1. The number of likely N-dealkylation sites (tertiary alicyclic amines) is 1. The predicted molar refractivity (Wildman–Crippen MR) is 83.4 cm³/mol. The highest BCUT2D eigenvalue weighted by Crippen LogP contribution is 2.24. The number of aryl methyl sites for hydroxylation is 1. The summed E-state index contributed by atoms with van der Waals surface area (Å²) in [5.41, 5.74) is 0.0379. The second kappa shape index (κ2) is 7.58. The number of imidazole rings is 1. The second-order valence-corrected chi connectivity index (χ2v) is 6.43. The van der Waals surface area contributed by atoms with Gasteiger partial charge in [-0.1, -0.05) is 24.9 Å². The van der Waals surface area contributed by atoms with Gasteiger partial charge in [0.1, 0.15) is 5.82 Å². The zero-order valence-corrected chi connectivity index (χ0v) is 13.5. The lowest BCUT2D eigenvalue weighted by Crippen LogP contribution is -2.34. The Balaban J connectivity index is 1.93. The highest BCUT2D eigenvalue weighted by atomic mass is 35.5. The van der Waals surface area contributed by atoms with Crippen molar-refractivity contribution < 1.29 is 10.2 Å². The lowest BCUT2D eigenvalue weighted by Gasteiger charge is -2.24. The summed E-state index contributed by atoms with van der Waals surface area (Å²) in [6, 6.07) is 0. The number of aromatic amines is 1. The van der Waals surface area contributed by atoms with Gasteiger partial charge in [0.15, 0.2) is 5.15 Å². The fraction of sp³-hybridized carbons (Fsp3) is 0.800. The van der Waals surface area contributed by atoms with Crippen LogP contribution in [0.5, 0.6) is 0 Å². The molecule has 1 aromatic heterocycles. The van der Waals surface area contributed by atoms with Crippen LogP contribution in [0.2, 0.25) is 5.15 Å². The molecule has 0 aromatic carbocycles. The van der Waals surface area contributed by atoms with E-state index in [4.69, 9.17) is 11.6 Å². The summed E-state index contributed by atoms with van der Waals surface area (Å²) >= 11 is 6.21. The average Bonchev–Trinajstić information content (AvgIpc) is 2.70. The molecule has 1 fully saturated rings. The molecule has 21 heavy (non-hydrogen) atoms. The Bertz CT molecular complexity index is 452. The van der Waals surface area contributed by atoms with Crippen molar-refractivity contribution in [1.29, 1.82) is 0 Å². The van der Waals surface area contributed by atoms with Crippen LogP contribution < -0.4 is 0 Å². The largest absolute Gasteiger partial charge is 0.393 e. The predicted octanol–water partition coefficient (Wildman–Crippen LogP) is 2.11. The average molecular weight is 316 g/mol. The third-order valence-electron chi connectivity index (χ3n) is 4.23. The molecule has 0 aliphatic carbocycles. The Labute approximate surface area is 131 Å². The number of nitrogens with zero attached hydrogens (tertiary/aromatic N) is 2. The zero-order valence-electron chi connectivity index (χ0n) is 12.7. The number of aliphatic hydroxyl groups is 2. The first-order chi connectivity index (χ1) is 10.1. The van der Waals surface area contributed by atoms with Gasteiger partial charge < -0.3 is 15.2 Å². The summed E-state index contributed by atoms with van der Waals surface area (Å²) in [5.74, 6) is 0.957. The van der Waals surface area contributed by atoms with Crippen LogP contribution in [0.3, 0.4) is 0 Å². The summed E-state index contributed by atoms with van der Waals surface area (Å²) in [5, 5.41) is 20.0. The minimum absolute atomic E-state index is 0.160. The Morgan fingerprint density at radius 2 is 2.19 bits per heavy atom. The quantitative estimate of drug-likeness (QED) is 0.752. The standard InChI is InChI=1S/C15H26ClN3O2/c1-2-3-5-13-17-12(14(16)18-13)10-19-8-4-6-15(21,11-20)7-9-19/h20-21H,2-11H2,1H3,(H,17,18)/t15-/m0/s1. The fourth-order valence-electron chi connectivity index (χ4n) is 2.78. The Hall–Kier alpha value is -0.620. The van der Waals surface area contributed by atoms with Crippen molar-refractivity contribution >= 4 is 11.6 Å². The highest BCUT2D eigenvalue weighted by molar-refractivity contribution is 6.30. The molecule has 0 spiro atoms. The van der Waals surface area contributed by atoms with E-state index in [-0.39, 0.29) is 6.61 Å². The first-order valence-electron chi connectivity index (χ1n) is 7.85. The van der Waals surface area contributed by atoms with Gasteiger partial charge in [0, 0.05) is 19.5 Å². The van der Waals surface area contributed by atoms with Gasteiger partial charge >= 0.3 is 0 Å². The molecule has 0 bridgehead atoms. The number of aromatic nitrogens is 2. The van der Waals surface area contributed by atoms with Crippen molar-refractivity contribution in [3.05, 3.63) is 16.7 Å². The van der Waals surface area contributed by atoms with Crippen molar-refractivity contribution in [2.75, 3.05) is 19.7 Å². The smallest absolute Gasteiger partial charge is 0.151 e. The number of hydrogen-bond acceptors (Lipinski definition) is 4. The summed E-state index contributed by atoms with van der Waals surface area (Å²) in [7, 11) is 0. The molecule has 0 amide bonds. The van der Waals surface area contributed by atoms with E-state index in [1.807, 2.05) is 0 Å². The van der Waals surface area contributed by atoms with Crippen LogP contribution in [-0.2, 0) is 13.0 Å². The van der Waals surface area contributed by atoms with Crippen LogP contribution in [0.1, 0.15) is 50.5 Å². The molecule has 120 valence electrons. The van der Waals surface area contributed by atoms with E-state index in [1.165, 1.54) is 0 Å². The normalized spacial score (nSPS) is 24.2. The van der Waals surface area contributed by atoms with Gasteiger partial charge in [0.05, 0.1) is 17.9 Å². The topological polar surface area (TPSA) is 72.4 Å². The van der Waals surface area contributed by atoms with E-state index in [1.54, 1.807) is 0 Å². The van der Waals surface area contributed by atoms with Crippen LogP contribution >= 0.6 is 11.6 Å². The van der Waals surface area contributed by atoms with Crippen LogP contribution in [0.4, 0.5) is 0 Å². The molecule has 2 rings (SSSR count). The van der Waals surface area contributed by atoms with Gasteiger partial charge in [-0.3, -0.25) is 4.90 Å². The van der Waals surface area contributed by atoms with Gasteiger partial charge in [-0.05, 0) is 32.2 Å². The summed E-state index contributed by atoms with van der Waals surface area (Å²) in [6.45, 7) is 4.38. The van der Waals surface area contributed by atoms with Crippen LogP contribution in [-0.4, -0.2) is 50.4 Å². The maximum Gasteiger partial charge on any atom is 0.151 e. The van der Waals surface area contributed by atoms with E-state index < -0.39 is 5.60 Å². The van der Waals surface area contributed by atoms with Crippen LogP contribution in [0.15, 0.2) is 0 Å². The van der Waals surface area contributed by atoms with Gasteiger partial charge in [-0.2, -0.15) is 0 Å². The molecule has 2 heterocycles. The van der Waals surface area contributed by atoms with Gasteiger partial charge in [-0.15, -0.1) is 0 Å². The summed E-state index contributed by atoms with van der Waals surface area (Å²) in [4.78, 5) is 9.96. The molecule has 1 saturated heterocycles. The third-order valence-corrected chi connectivity index (χ3v) is 4.54.